The Balaban J connectivity index is 2.22. The first-order chi connectivity index (χ1) is 9.02. The number of nitrogens with zero attached hydrogens (tertiary/aromatic N) is 1. The van der Waals surface area contributed by atoms with E-state index in [2.05, 4.69) is 36.9 Å². The largest absolute Gasteiger partial charge is 0.329 e. The highest BCUT2D eigenvalue weighted by Crippen LogP contribution is 2.35. The van der Waals surface area contributed by atoms with Gasteiger partial charge >= 0.3 is 0 Å². The summed E-state index contributed by atoms with van der Waals surface area (Å²) >= 11 is 6.26. The van der Waals surface area contributed by atoms with Crippen molar-refractivity contribution in [3.05, 3.63) is 34.3 Å². The Bertz CT molecular complexity index is 427. The fraction of sp³-hybridized carbons (Fsp3) is 0.625. The standard InChI is InChI=1S/C16H25ClN2/c1-11(2)10-19(14-6-7-14)16(9-18)13-5-4-12(3)15(17)8-13/h4-5,8,11,14,16H,6-7,9-10,18H2,1-3H3. The van der Waals surface area contributed by atoms with Crippen LogP contribution < -0.4 is 5.73 Å². The number of hydrogen-bond acceptors (Lipinski definition) is 2. The van der Waals surface area contributed by atoms with Crippen molar-refractivity contribution in [2.45, 2.75) is 45.7 Å². The topological polar surface area (TPSA) is 29.3 Å². The molecule has 1 aromatic carbocycles. The van der Waals surface area contributed by atoms with Crippen LogP contribution in [0.3, 0.4) is 0 Å². The first-order valence-corrected chi connectivity index (χ1v) is 7.62. The van der Waals surface area contributed by atoms with Gasteiger partial charge in [0.15, 0.2) is 0 Å². The van der Waals surface area contributed by atoms with Crippen molar-refractivity contribution in [1.29, 1.82) is 0 Å². The minimum Gasteiger partial charge on any atom is -0.329 e. The van der Waals surface area contributed by atoms with Gasteiger partial charge in [-0.2, -0.15) is 0 Å². The van der Waals surface area contributed by atoms with Crippen LogP contribution in [0.5, 0.6) is 0 Å². The van der Waals surface area contributed by atoms with Gasteiger partial charge in [0.2, 0.25) is 0 Å². The third-order valence-electron chi connectivity index (χ3n) is 3.80. The number of aryl methyl sites for hydroxylation is 1. The van der Waals surface area contributed by atoms with Crippen LogP contribution in [0.1, 0.15) is 43.9 Å². The quantitative estimate of drug-likeness (QED) is 0.859. The molecule has 3 heteroatoms. The van der Waals surface area contributed by atoms with Crippen molar-refractivity contribution in [1.82, 2.24) is 4.90 Å². The molecule has 2 N–H and O–H groups in total. The van der Waals surface area contributed by atoms with Crippen molar-refractivity contribution >= 4 is 11.6 Å². The second kappa shape index (κ2) is 6.25. The normalized spacial score (nSPS) is 17.2. The molecule has 0 aromatic heterocycles. The SMILES string of the molecule is Cc1ccc(C(CN)N(CC(C)C)C2CC2)cc1Cl. The molecule has 1 aliphatic carbocycles. The summed E-state index contributed by atoms with van der Waals surface area (Å²) in [5.74, 6) is 0.663. The summed E-state index contributed by atoms with van der Waals surface area (Å²) in [6.07, 6.45) is 2.62. The number of rotatable bonds is 6. The van der Waals surface area contributed by atoms with Crippen LogP contribution in [-0.4, -0.2) is 24.0 Å². The molecule has 0 heterocycles. The van der Waals surface area contributed by atoms with Gasteiger partial charge < -0.3 is 5.73 Å². The predicted octanol–water partition coefficient (Wildman–Crippen LogP) is 3.77. The molecule has 1 unspecified atom stereocenters. The zero-order valence-electron chi connectivity index (χ0n) is 12.2. The number of hydrogen-bond donors (Lipinski definition) is 1. The summed E-state index contributed by atoms with van der Waals surface area (Å²) in [5, 5.41) is 0.844. The summed E-state index contributed by atoms with van der Waals surface area (Å²) in [5.41, 5.74) is 8.43. The molecule has 19 heavy (non-hydrogen) atoms. The van der Waals surface area contributed by atoms with Gasteiger partial charge in [-0.05, 0) is 42.9 Å². The highest BCUT2D eigenvalue weighted by Gasteiger charge is 2.34. The minimum atomic E-state index is 0.299. The molecule has 2 nitrogen and oxygen atoms in total. The Morgan fingerprint density at radius 2 is 2.05 bits per heavy atom. The lowest BCUT2D eigenvalue weighted by atomic mass is 10.0. The molecular formula is C16H25ClN2. The third-order valence-corrected chi connectivity index (χ3v) is 4.20. The van der Waals surface area contributed by atoms with Crippen molar-refractivity contribution in [2.75, 3.05) is 13.1 Å². The molecule has 0 bridgehead atoms. The number of benzene rings is 1. The maximum Gasteiger partial charge on any atom is 0.0474 e. The lowest BCUT2D eigenvalue weighted by Crippen LogP contribution is -2.38. The molecule has 106 valence electrons. The van der Waals surface area contributed by atoms with E-state index in [0.29, 0.717) is 18.5 Å². The van der Waals surface area contributed by atoms with E-state index in [0.717, 1.165) is 23.2 Å². The molecule has 0 aliphatic heterocycles. The second-order valence-electron chi connectivity index (χ2n) is 6.08. The monoisotopic (exact) mass is 280 g/mol. The van der Waals surface area contributed by atoms with Crippen LogP contribution in [0, 0.1) is 12.8 Å². The van der Waals surface area contributed by atoms with Crippen LogP contribution in [0.2, 0.25) is 5.02 Å². The van der Waals surface area contributed by atoms with E-state index < -0.39 is 0 Å². The van der Waals surface area contributed by atoms with Gasteiger partial charge in [0.1, 0.15) is 0 Å². The summed E-state index contributed by atoms with van der Waals surface area (Å²) in [7, 11) is 0. The third kappa shape index (κ3) is 3.71. The van der Waals surface area contributed by atoms with Gasteiger partial charge in [-0.3, -0.25) is 4.90 Å². The average molecular weight is 281 g/mol. The highest BCUT2D eigenvalue weighted by molar-refractivity contribution is 6.31. The summed E-state index contributed by atoms with van der Waals surface area (Å²) < 4.78 is 0. The van der Waals surface area contributed by atoms with Gasteiger partial charge in [-0.1, -0.05) is 37.6 Å². The molecule has 0 spiro atoms. The van der Waals surface area contributed by atoms with Gasteiger partial charge in [0, 0.05) is 30.2 Å². The van der Waals surface area contributed by atoms with Crippen LogP contribution in [0.25, 0.3) is 0 Å². The van der Waals surface area contributed by atoms with Gasteiger partial charge in [-0.25, -0.2) is 0 Å². The summed E-state index contributed by atoms with van der Waals surface area (Å²) in [6.45, 7) is 8.34. The average Bonchev–Trinajstić information content (AvgIpc) is 3.17. The molecule has 0 amide bonds. The zero-order valence-corrected chi connectivity index (χ0v) is 13.0. The van der Waals surface area contributed by atoms with E-state index in [9.17, 15) is 0 Å². The lowest BCUT2D eigenvalue weighted by molar-refractivity contribution is 0.169. The second-order valence-corrected chi connectivity index (χ2v) is 6.49. The first-order valence-electron chi connectivity index (χ1n) is 7.24. The molecule has 1 aliphatic rings. The van der Waals surface area contributed by atoms with Gasteiger partial charge in [0.25, 0.3) is 0 Å². The Labute approximate surface area is 121 Å². The fourth-order valence-corrected chi connectivity index (χ4v) is 2.83. The van der Waals surface area contributed by atoms with E-state index >= 15 is 0 Å². The van der Waals surface area contributed by atoms with E-state index in [4.69, 9.17) is 17.3 Å². The van der Waals surface area contributed by atoms with E-state index in [1.54, 1.807) is 0 Å². The van der Waals surface area contributed by atoms with Crippen molar-refractivity contribution in [2.24, 2.45) is 11.7 Å². The zero-order chi connectivity index (χ0) is 14.0. The lowest BCUT2D eigenvalue weighted by Gasteiger charge is -2.33. The number of halogens is 1. The Morgan fingerprint density at radius 3 is 2.53 bits per heavy atom. The maximum atomic E-state index is 6.26. The number of nitrogens with two attached hydrogens (primary N) is 1. The van der Waals surface area contributed by atoms with E-state index in [1.807, 2.05) is 6.92 Å². The molecule has 1 saturated carbocycles. The Kier molecular flexibility index (Phi) is 4.88. The van der Waals surface area contributed by atoms with Crippen molar-refractivity contribution < 1.29 is 0 Å². The van der Waals surface area contributed by atoms with Crippen LogP contribution in [0.4, 0.5) is 0 Å². The van der Waals surface area contributed by atoms with E-state index in [-0.39, 0.29) is 0 Å². The predicted molar refractivity (Wildman–Crippen MR) is 82.6 cm³/mol. The Morgan fingerprint density at radius 1 is 1.37 bits per heavy atom. The Hall–Kier alpha value is -0.570. The van der Waals surface area contributed by atoms with Crippen LogP contribution in [0.15, 0.2) is 18.2 Å². The van der Waals surface area contributed by atoms with Gasteiger partial charge in [0.05, 0.1) is 0 Å². The molecule has 1 fully saturated rings. The van der Waals surface area contributed by atoms with Crippen molar-refractivity contribution in [3.8, 4) is 0 Å². The smallest absolute Gasteiger partial charge is 0.0474 e. The summed E-state index contributed by atoms with van der Waals surface area (Å²) in [6, 6.07) is 7.38. The molecule has 0 saturated heterocycles. The van der Waals surface area contributed by atoms with Crippen molar-refractivity contribution in [3.63, 3.8) is 0 Å². The maximum absolute atomic E-state index is 6.26. The molecular weight excluding hydrogens is 256 g/mol. The molecule has 2 rings (SSSR count). The molecule has 1 aromatic rings. The fourth-order valence-electron chi connectivity index (χ4n) is 2.64. The van der Waals surface area contributed by atoms with Gasteiger partial charge in [-0.15, -0.1) is 0 Å². The van der Waals surface area contributed by atoms with Crippen LogP contribution in [-0.2, 0) is 0 Å². The highest BCUT2D eigenvalue weighted by atomic mass is 35.5. The summed E-state index contributed by atoms with van der Waals surface area (Å²) in [4.78, 5) is 2.58. The molecule has 0 radical (unpaired) electrons. The van der Waals surface area contributed by atoms with E-state index in [1.165, 1.54) is 18.4 Å². The minimum absolute atomic E-state index is 0.299. The first kappa shape index (κ1) is 14.8. The van der Waals surface area contributed by atoms with Crippen LogP contribution >= 0.6 is 11.6 Å². The molecule has 1 atom stereocenters.